The molecule has 0 radical (unpaired) electrons. The summed E-state index contributed by atoms with van der Waals surface area (Å²) in [4.78, 5) is 11.5. The second kappa shape index (κ2) is 6.11. The first-order chi connectivity index (χ1) is 6.72. The van der Waals surface area contributed by atoms with Gasteiger partial charge in [0.2, 0.25) is 5.91 Å². The molecule has 0 saturated heterocycles. The van der Waals surface area contributed by atoms with E-state index in [1.54, 1.807) is 0 Å². The van der Waals surface area contributed by atoms with E-state index in [-0.39, 0.29) is 11.4 Å². The van der Waals surface area contributed by atoms with E-state index in [4.69, 9.17) is 0 Å². The molecule has 0 bridgehead atoms. The third-order valence-electron chi connectivity index (χ3n) is 2.33. The summed E-state index contributed by atoms with van der Waals surface area (Å²) in [6, 6.07) is 0.465. The standard InChI is InChI=1S/C12H26N2O/c1-9(2)10(3)13-8-7-11(15)14-12(4,5)6/h9-10,13H,7-8H2,1-6H3,(H,14,15). The van der Waals surface area contributed by atoms with Crippen molar-refractivity contribution in [2.24, 2.45) is 5.92 Å². The van der Waals surface area contributed by atoms with Gasteiger partial charge in [-0.25, -0.2) is 0 Å². The van der Waals surface area contributed by atoms with E-state index < -0.39 is 0 Å². The van der Waals surface area contributed by atoms with E-state index in [0.717, 1.165) is 6.54 Å². The molecule has 0 heterocycles. The highest BCUT2D eigenvalue weighted by Crippen LogP contribution is 2.01. The minimum Gasteiger partial charge on any atom is -0.351 e. The van der Waals surface area contributed by atoms with Gasteiger partial charge in [0.25, 0.3) is 0 Å². The number of hydrogen-bond acceptors (Lipinski definition) is 2. The van der Waals surface area contributed by atoms with Crippen molar-refractivity contribution in [3.05, 3.63) is 0 Å². The SMILES string of the molecule is CC(C)C(C)NCCC(=O)NC(C)(C)C. The van der Waals surface area contributed by atoms with Gasteiger partial charge in [-0.05, 0) is 33.6 Å². The van der Waals surface area contributed by atoms with Gasteiger partial charge < -0.3 is 10.6 Å². The van der Waals surface area contributed by atoms with Crippen LogP contribution >= 0.6 is 0 Å². The van der Waals surface area contributed by atoms with Gasteiger partial charge >= 0.3 is 0 Å². The number of amides is 1. The van der Waals surface area contributed by atoms with E-state index >= 15 is 0 Å². The Kier molecular flexibility index (Phi) is 5.88. The predicted molar refractivity (Wildman–Crippen MR) is 64.8 cm³/mol. The zero-order valence-electron chi connectivity index (χ0n) is 11.0. The summed E-state index contributed by atoms with van der Waals surface area (Å²) in [5, 5.41) is 6.28. The lowest BCUT2D eigenvalue weighted by atomic mass is 10.1. The zero-order chi connectivity index (χ0) is 12.1. The second-order valence-corrected chi connectivity index (χ2v) is 5.53. The lowest BCUT2D eigenvalue weighted by Crippen LogP contribution is -2.42. The van der Waals surface area contributed by atoms with E-state index in [0.29, 0.717) is 18.4 Å². The highest BCUT2D eigenvalue weighted by atomic mass is 16.1. The summed E-state index contributed by atoms with van der Waals surface area (Å²) in [5.41, 5.74) is -0.124. The fraction of sp³-hybridized carbons (Fsp3) is 0.917. The van der Waals surface area contributed by atoms with Crippen molar-refractivity contribution in [2.75, 3.05) is 6.54 Å². The number of carbonyl (C=O) groups excluding carboxylic acids is 1. The first-order valence-corrected chi connectivity index (χ1v) is 5.77. The van der Waals surface area contributed by atoms with Crippen LogP contribution in [0.2, 0.25) is 0 Å². The van der Waals surface area contributed by atoms with E-state index in [1.165, 1.54) is 0 Å². The van der Waals surface area contributed by atoms with Crippen LogP contribution in [0.15, 0.2) is 0 Å². The predicted octanol–water partition coefficient (Wildman–Crippen LogP) is 1.93. The van der Waals surface area contributed by atoms with Crippen LogP contribution in [0.5, 0.6) is 0 Å². The molecule has 0 rings (SSSR count). The van der Waals surface area contributed by atoms with Gasteiger partial charge in [-0.3, -0.25) is 4.79 Å². The summed E-state index contributed by atoms with van der Waals surface area (Å²) < 4.78 is 0. The summed E-state index contributed by atoms with van der Waals surface area (Å²) in [6.45, 7) is 13.2. The molecule has 0 aliphatic heterocycles. The minimum absolute atomic E-state index is 0.117. The lowest BCUT2D eigenvalue weighted by molar-refractivity contribution is -0.122. The van der Waals surface area contributed by atoms with Gasteiger partial charge in [0.05, 0.1) is 0 Å². The molecule has 3 heteroatoms. The highest BCUT2D eigenvalue weighted by Gasteiger charge is 2.13. The second-order valence-electron chi connectivity index (χ2n) is 5.53. The first kappa shape index (κ1) is 14.4. The average molecular weight is 214 g/mol. The molecule has 1 amide bonds. The fourth-order valence-corrected chi connectivity index (χ4v) is 1.13. The molecule has 0 aromatic heterocycles. The molecule has 0 aliphatic carbocycles. The Balaban J connectivity index is 3.65. The van der Waals surface area contributed by atoms with E-state index in [2.05, 4.69) is 31.4 Å². The molecule has 90 valence electrons. The summed E-state index contributed by atoms with van der Waals surface area (Å²) in [6.07, 6.45) is 0.550. The zero-order valence-corrected chi connectivity index (χ0v) is 11.0. The lowest BCUT2D eigenvalue weighted by Gasteiger charge is -2.21. The smallest absolute Gasteiger partial charge is 0.221 e. The van der Waals surface area contributed by atoms with Crippen LogP contribution in [-0.2, 0) is 4.79 Å². The molecular weight excluding hydrogens is 188 g/mol. The van der Waals surface area contributed by atoms with Crippen molar-refractivity contribution in [3.8, 4) is 0 Å². The van der Waals surface area contributed by atoms with Gasteiger partial charge in [-0.1, -0.05) is 13.8 Å². The summed E-state index contributed by atoms with van der Waals surface area (Å²) in [7, 11) is 0. The van der Waals surface area contributed by atoms with Crippen molar-refractivity contribution >= 4 is 5.91 Å². The average Bonchev–Trinajstić information content (AvgIpc) is 2.00. The van der Waals surface area contributed by atoms with Crippen LogP contribution in [0.3, 0.4) is 0 Å². The topological polar surface area (TPSA) is 41.1 Å². The maximum absolute atomic E-state index is 11.5. The van der Waals surface area contributed by atoms with Gasteiger partial charge in [0, 0.05) is 24.5 Å². The van der Waals surface area contributed by atoms with Crippen molar-refractivity contribution < 1.29 is 4.79 Å². The number of rotatable bonds is 5. The molecule has 1 atom stereocenters. The van der Waals surface area contributed by atoms with Crippen molar-refractivity contribution in [1.29, 1.82) is 0 Å². The maximum Gasteiger partial charge on any atom is 0.221 e. The van der Waals surface area contributed by atoms with Crippen LogP contribution in [0, 0.1) is 5.92 Å². The Hall–Kier alpha value is -0.570. The molecule has 15 heavy (non-hydrogen) atoms. The highest BCUT2D eigenvalue weighted by molar-refractivity contribution is 5.76. The molecule has 3 nitrogen and oxygen atoms in total. The molecule has 0 spiro atoms. The fourth-order valence-electron chi connectivity index (χ4n) is 1.13. The normalized spacial score (nSPS) is 14.1. The summed E-state index contributed by atoms with van der Waals surface area (Å²) in [5.74, 6) is 0.724. The van der Waals surface area contributed by atoms with E-state index in [1.807, 2.05) is 20.8 Å². The van der Waals surface area contributed by atoms with Gasteiger partial charge in [-0.2, -0.15) is 0 Å². The molecule has 0 fully saturated rings. The molecule has 0 aliphatic rings. The van der Waals surface area contributed by atoms with E-state index in [9.17, 15) is 4.79 Å². The monoisotopic (exact) mass is 214 g/mol. The van der Waals surface area contributed by atoms with Crippen molar-refractivity contribution in [3.63, 3.8) is 0 Å². The molecule has 2 N–H and O–H groups in total. The Morgan fingerprint density at radius 3 is 2.13 bits per heavy atom. The summed E-state index contributed by atoms with van der Waals surface area (Å²) >= 11 is 0. The first-order valence-electron chi connectivity index (χ1n) is 5.77. The third-order valence-corrected chi connectivity index (χ3v) is 2.33. The molecular formula is C12H26N2O. The largest absolute Gasteiger partial charge is 0.351 e. The molecule has 0 saturated carbocycles. The maximum atomic E-state index is 11.5. The quantitative estimate of drug-likeness (QED) is 0.734. The Labute approximate surface area is 94.0 Å². The third kappa shape index (κ3) is 8.43. The number of nitrogens with one attached hydrogen (secondary N) is 2. The van der Waals surface area contributed by atoms with Crippen LogP contribution < -0.4 is 10.6 Å². The molecule has 1 unspecified atom stereocenters. The van der Waals surface area contributed by atoms with Crippen LogP contribution in [-0.4, -0.2) is 24.0 Å². The number of carbonyl (C=O) groups is 1. The molecule has 0 aromatic carbocycles. The number of hydrogen-bond donors (Lipinski definition) is 2. The van der Waals surface area contributed by atoms with Gasteiger partial charge in [0.1, 0.15) is 0 Å². The van der Waals surface area contributed by atoms with Crippen LogP contribution in [0.4, 0.5) is 0 Å². The van der Waals surface area contributed by atoms with Gasteiger partial charge in [-0.15, -0.1) is 0 Å². The van der Waals surface area contributed by atoms with Crippen molar-refractivity contribution in [1.82, 2.24) is 10.6 Å². The Morgan fingerprint density at radius 1 is 1.20 bits per heavy atom. The van der Waals surface area contributed by atoms with Crippen molar-refractivity contribution in [2.45, 2.75) is 59.5 Å². The Bertz CT molecular complexity index is 194. The molecule has 0 aromatic rings. The minimum atomic E-state index is -0.124. The van der Waals surface area contributed by atoms with Gasteiger partial charge in [0.15, 0.2) is 0 Å². The van der Waals surface area contributed by atoms with Crippen LogP contribution in [0.25, 0.3) is 0 Å². The Morgan fingerprint density at radius 2 is 1.73 bits per heavy atom. The van der Waals surface area contributed by atoms with Crippen LogP contribution in [0.1, 0.15) is 48.0 Å².